The number of carbonyl (C=O) groups excluding carboxylic acids is 1. The third-order valence-corrected chi connectivity index (χ3v) is 8.13. The van der Waals surface area contributed by atoms with Crippen LogP contribution in [0.3, 0.4) is 0 Å². The Morgan fingerprint density at radius 2 is 1.64 bits per heavy atom. The molecule has 1 heterocycles. The molecule has 0 aromatic heterocycles. The summed E-state index contributed by atoms with van der Waals surface area (Å²) in [4.78, 5) is 13.0. The maximum Gasteiger partial charge on any atom is 0.251 e. The number of sulfonamides is 1. The fourth-order valence-corrected chi connectivity index (χ4v) is 5.71. The number of benzene rings is 3. The molecule has 1 amide bonds. The van der Waals surface area contributed by atoms with E-state index in [1.807, 2.05) is 62.4 Å². The maximum atomic E-state index is 13.0. The minimum atomic E-state index is -3.49. The molecule has 4 rings (SSSR count). The zero-order valence-corrected chi connectivity index (χ0v) is 22.0. The molecule has 36 heavy (non-hydrogen) atoms. The van der Waals surface area contributed by atoms with Gasteiger partial charge in [-0.25, -0.2) is 8.42 Å². The molecule has 0 spiro atoms. The number of ether oxygens (including phenoxy) is 1. The average molecular weight is 507 g/mol. The quantitative estimate of drug-likeness (QED) is 0.479. The van der Waals surface area contributed by atoms with Gasteiger partial charge in [0.15, 0.2) is 0 Å². The van der Waals surface area contributed by atoms with Gasteiger partial charge in [-0.05, 0) is 67.1 Å². The van der Waals surface area contributed by atoms with E-state index in [0.29, 0.717) is 31.0 Å². The molecule has 0 bridgehead atoms. The molecule has 0 unspecified atom stereocenters. The molecule has 190 valence electrons. The number of aryl methyl sites for hydroxylation is 2. The second kappa shape index (κ2) is 10.8. The van der Waals surface area contributed by atoms with Crippen molar-refractivity contribution in [3.05, 3.63) is 101 Å². The minimum absolute atomic E-state index is 0.141. The Hall–Kier alpha value is -3.16. The first-order valence-electron chi connectivity index (χ1n) is 12.2. The fraction of sp³-hybridized carbons (Fsp3) is 0.345. The standard InChI is InChI=1S/C29H34N2O4S/c1-22-9-10-23(2)27(19-22)31(36(3,33)34)20-24-11-13-25(14-12-24)28(32)30-21-29(15-17-35-18-16-29)26-7-5-4-6-8-26/h4-14,19H,15-18,20-21H2,1-3H3,(H,30,32). The maximum absolute atomic E-state index is 13.0. The Bertz CT molecular complexity index is 1300. The summed E-state index contributed by atoms with van der Waals surface area (Å²) in [6.45, 7) is 5.94. The Labute approximate surface area is 214 Å². The second-order valence-corrected chi connectivity index (χ2v) is 11.6. The van der Waals surface area contributed by atoms with E-state index < -0.39 is 10.0 Å². The number of nitrogens with one attached hydrogen (secondary N) is 1. The van der Waals surface area contributed by atoms with Crippen LogP contribution in [0.2, 0.25) is 0 Å². The van der Waals surface area contributed by atoms with Crippen molar-refractivity contribution in [2.75, 3.05) is 30.3 Å². The van der Waals surface area contributed by atoms with Crippen molar-refractivity contribution >= 4 is 21.6 Å². The van der Waals surface area contributed by atoms with Gasteiger partial charge in [-0.15, -0.1) is 0 Å². The molecule has 3 aromatic carbocycles. The normalized spacial score (nSPS) is 15.3. The van der Waals surface area contributed by atoms with Gasteiger partial charge >= 0.3 is 0 Å². The van der Waals surface area contributed by atoms with Crippen molar-refractivity contribution in [1.29, 1.82) is 0 Å². The summed E-state index contributed by atoms with van der Waals surface area (Å²) in [5.41, 5.74) is 4.99. The van der Waals surface area contributed by atoms with Crippen molar-refractivity contribution in [2.45, 2.75) is 38.6 Å². The smallest absolute Gasteiger partial charge is 0.251 e. The first kappa shape index (κ1) is 25.9. The first-order chi connectivity index (χ1) is 17.2. The van der Waals surface area contributed by atoms with E-state index in [0.717, 1.165) is 29.5 Å². The summed E-state index contributed by atoms with van der Waals surface area (Å²) in [6.07, 6.45) is 2.93. The van der Waals surface area contributed by atoms with Gasteiger partial charge in [0.1, 0.15) is 0 Å². The van der Waals surface area contributed by atoms with E-state index in [4.69, 9.17) is 4.74 Å². The number of carbonyl (C=O) groups is 1. The summed E-state index contributed by atoms with van der Waals surface area (Å²) in [6, 6.07) is 23.2. The monoisotopic (exact) mass is 506 g/mol. The van der Waals surface area contributed by atoms with E-state index in [1.54, 1.807) is 12.1 Å². The highest BCUT2D eigenvalue weighted by Crippen LogP contribution is 2.34. The average Bonchev–Trinajstić information content (AvgIpc) is 2.88. The van der Waals surface area contributed by atoms with Crippen molar-refractivity contribution in [1.82, 2.24) is 5.32 Å². The molecule has 1 N–H and O–H groups in total. The molecular formula is C29H34N2O4S. The van der Waals surface area contributed by atoms with Crippen LogP contribution in [0.5, 0.6) is 0 Å². The van der Waals surface area contributed by atoms with Crippen LogP contribution >= 0.6 is 0 Å². The van der Waals surface area contributed by atoms with Crippen molar-refractivity contribution < 1.29 is 17.9 Å². The largest absolute Gasteiger partial charge is 0.381 e. The molecule has 1 aliphatic heterocycles. The van der Waals surface area contributed by atoms with E-state index in [-0.39, 0.29) is 17.9 Å². The van der Waals surface area contributed by atoms with E-state index in [1.165, 1.54) is 16.1 Å². The highest BCUT2D eigenvalue weighted by atomic mass is 32.2. The topological polar surface area (TPSA) is 75.7 Å². The van der Waals surface area contributed by atoms with Gasteiger partial charge in [-0.3, -0.25) is 9.10 Å². The number of hydrogen-bond donors (Lipinski definition) is 1. The number of hydrogen-bond acceptors (Lipinski definition) is 4. The minimum Gasteiger partial charge on any atom is -0.381 e. The van der Waals surface area contributed by atoms with Gasteiger partial charge in [0.2, 0.25) is 10.0 Å². The van der Waals surface area contributed by atoms with Crippen LogP contribution in [0.4, 0.5) is 5.69 Å². The van der Waals surface area contributed by atoms with Crippen LogP contribution in [0.25, 0.3) is 0 Å². The number of rotatable bonds is 8. The molecule has 0 aliphatic carbocycles. The van der Waals surface area contributed by atoms with Crippen molar-refractivity contribution in [3.63, 3.8) is 0 Å². The number of nitrogens with zero attached hydrogens (tertiary/aromatic N) is 1. The third kappa shape index (κ3) is 5.97. The molecule has 1 saturated heterocycles. The van der Waals surface area contributed by atoms with E-state index >= 15 is 0 Å². The van der Waals surface area contributed by atoms with Crippen LogP contribution in [0.1, 0.15) is 45.5 Å². The van der Waals surface area contributed by atoms with Gasteiger partial charge in [-0.2, -0.15) is 0 Å². The molecule has 3 aromatic rings. The third-order valence-electron chi connectivity index (χ3n) is 7.00. The molecule has 0 saturated carbocycles. The Kier molecular flexibility index (Phi) is 7.81. The summed E-state index contributed by atoms with van der Waals surface area (Å²) in [5.74, 6) is -0.141. The summed E-state index contributed by atoms with van der Waals surface area (Å²) < 4.78 is 32.2. The van der Waals surface area contributed by atoms with Gasteiger partial charge in [0.25, 0.3) is 5.91 Å². The molecule has 1 fully saturated rings. The highest BCUT2D eigenvalue weighted by Gasteiger charge is 2.34. The van der Waals surface area contributed by atoms with Crippen LogP contribution < -0.4 is 9.62 Å². The summed E-state index contributed by atoms with van der Waals surface area (Å²) >= 11 is 0. The SMILES string of the molecule is Cc1ccc(C)c(N(Cc2ccc(C(=O)NCC3(c4ccccc4)CCOCC3)cc2)S(C)(=O)=O)c1. The molecule has 1 aliphatic rings. The van der Waals surface area contributed by atoms with E-state index in [9.17, 15) is 13.2 Å². The summed E-state index contributed by atoms with van der Waals surface area (Å²) in [7, 11) is -3.49. The highest BCUT2D eigenvalue weighted by molar-refractivity contribution is 7.92. The van der Waals surface area contributed by atoms with Crippen molar-refractivity contribution in [2.24, 2.45) is 0 Å². The Balaban J connectivity index is 1.47. The Morgan fingerprint density at radius 3 is 2.28 bits per heavy atom. The Morgan fingerprint density at radius 1 is 0.972 bits per heavy atom. The predicted molar refractivity (Wildman–Crippen MR) is 144 cm³/mol. The lowest BCUT2D eigenvalue weighted by molar-refractivity contribution is 0.0487. The van der Waals surface area contributed by atoms with Gasteiger partial charge < -0.3 is 10.1 Å². The lowest BCUT2D eigenvalue weighted by Gasteiger charge is -2.38. The molecule has 0 atom stereocenters. The molecule has 0 radical (unpaired) electrons. The zero-order valence-electron chi connectivity index (χ0n) is 21.2. The summed E-state index contributed by atoms with van der Waals surface area (Å²) in [5, 5.41) is 3.13. The first-order valence-corrected chi connectivity index (χ1v) is 14.1. The molecule has 6 nitrogen and oxygen atoms in total. The van der Waals surface area contributed by atoms with Crippen molar-refractivity contribution in [3.8, 4) is 0 Å². The number of anilines is 1. The number of amides is 1. The van der Waals surface area contributed by atoms with Gasteiger partial charge in [0.05, 0.1) is 18.5 Å². The van der Waals surface area contributed by atoms with Crippen LogP contribution in [-0.4, -0.2) is 40.3 Å². The second-order valence-electron chi connectivity index (χ2n) is 9.70. The van der Waals surface area contributed by atoms with Gasteiger partial charge in [0, 0.05) is 30.7 Å². The lowest BCUT2D eigenvalue weighted by atomic mass is 9.74. The predicted octanol–water partition coefficient (Wildman–Crippen LogP) is 4.75. The van der Waals surface area contributed by atoms with Crippen LogP contribution in [0, 0.1) is 13.8 Å². The molecule has 7 heteroatoms. The fourth-order valence-electron chi connectivity index (χ4n) is 4.77. The van der Waals surface area contributed by atoms with Crippen LogP contribution in [-0.2, 0) is 26.7 Å². The van der Waals surface area contributed by atoms with Gasteiger partial charge in [-0.1, -0.05) is 54.6 Å². The molecular weight excluding hydrogens is 472 g/mol. The van der Waals surface area contributed by atoms with E-state index in [2.05, 4.69) is 17.4 Å². The lowest BCUT2D eigenvalue weighted by Crippen LogP contribution is -2.44. The zero-order chi connectivity index (χ0) is 25.8. The van der Waals surface area contributed by atoms with Crippen LogP contribution in [0.15, 0.2) is 72.8 Å².